The van der Waals surface area contributed by atoms with Crippen LogP contribution in [0.1, 0.15) is 11.1 Å². The van der Waals surface area contributed by atoms with Gasteiger partial charge in [-0.15, -0.1) is 0 Å². The summed E-state index contributed by atoms with van der Waals surface area (Å²) >= 11 is 0. The maximum atomic E-state index is 2.36. The van der Waals surface area contributed by atoms with E-state index < -0.39 is 0 Å². The lowest BCUT2D eigenvalue weighted by Gasteiger charge is -2.09. The molecule has 0 amide bonds. The van der Waals surface area contributed by atoms with Crippen molar-refractivity contribution in [1.29, 1.82) is 0 Å². The topological polar surface area (TPSA) is 4.93 Å². The van der Waals surface area contributed by atoms with Crippen molar-refractivity contribution < 1.29 is 0 Å². The van der Waals surface area contributed by atoms with Crippen LogP contribution in [0.4, 0.5) is 0 Å². The molecular formula is C34H23N. The van der Waals surface area contributed by atoms with E-state index in [2.05, 4.69) is 144 Å². The Morgan fingerprint density at radius 2 is 0.914 bits per heavy atom. The van der Waals surface area contributed by atoms with E-state index in [0.717, 1.165) is 0 Å². The number of fused-ring (bicyclic) bond motifs is 5. The van der Waals surface area contributed by atoms with Crippen molar-refractivity contribution >= 4 is 55.5 Å². The molecule has 0 bridgehead atoms. The molecule has 35 heavy (non-hydrogen) atoms. The van der Waals surface area contributed by atoms with Gasteiger partial charge in [0.1, 0.15) is 0 Å². The van der Waals surface area contributed by atoms with Crippen LogP contribution in [0.25, 0.3) is 61.2 Å². The van der Waals surface area contributed by atoms with Gasteiger partial charge in [0, 0.05) is 16.5 Å². The van der Waals surface area contributed by atoms with Crippen molar-refractivity contribution in [3.63, 3.8) is 0 Å². The lowest BCUT2D eigenvalue weighted by molar-refractivity contribution is 1.18. The number of benzene rings is 6. The molecule has 1 heteroatoms. The van der Waals surface area contributed by atoms with E-state index in [1.807, 2.05) is 0 Å². The predicted octanol–water partition coefficient (Wildman–Crippen LogP) is 9.26. The van der Waals surface area contributed by atoms with Gasteiger partial charge in [-0.05, 0) is 63.0 Å². The Hall–Kier alpha value is -4.62. The van der Waals surface area contributed by atoms with Crippen LogP contribution >= 0.6 is 0 Å². The van der Waals surface area contributed by atoms with Crippen LogP contribution < -0.4 is 0 Å². The molecule has 0 saturated carbocycles. The minimum Gasteiger partial charge on any atom is -0.309 e. The molecule has 1 nitrogen and oxygen atoms in total. The summed E-state index contributed by atoms with van der Waals surface area (Å²) in [7, 11) is 0. The zero-order chi connectivity index (χ0) is 23.2. The molecule has 0 N–H and O–H groups in total. The van der Waals surface area contributed by atoms with E-state index in [9.17, 15) is 0 Å². The van der Waals surface area contributed by atoms with E-state index in [1.54, 1.807) is 0 Å². The molecule has 0 atom stereocenters. The third-order valence-electron chi connectivity index (χ3n) is 6.99. The summed E-state index contributed by atoms with van der Waals surface area (Å²) in [5.41, 5.74) is 6.10. The average Bonchev–Trinajstić information content (AvgIpc) is 3.26. The Kier molecular flexibility index (Phi) is 4.53. The highest BCUT2D eigenvalue weighted by molar-refractivity contribution is 6.09. The first-order chi connectivity index (χ1) is 17.4. The van der Waals surface area contributed by atoms with E-state index in [4.69, 9.17) is 0 Å². The Labute approximate surface area is 204 Å². The maximum Gasteiger partial charge on any atom is 0.0541 e. The number of hydrogen-bond donors (Lipinski definition) is 0. The molecular weight excluding hydrogens is 422 g/mol. The zero-order valence-corrected chi connectivity index (χ0v) is 19.2. The second-order valence-electron chi connectivity index (χ2n) is 9.03. The zero-order valence-electron chi connectivity index (χ0n) is 19.2. The lowest BCUT2D eigenvalue weighted by atomic mass is 9.96. The monoisotopic (exact) mass is 445 g/mol. The minimum absolute atomic E-state index is 1.18. The third-order valence-corrected chi connectivity index (χ3v) is 6.99. The number of rotatable bonds is 3. The van der Waals surface area contributed by atoms with Gasteiger partial charge in [-0.3, -0.25) is 0 Å². The van der Waals surface area contributed by atoms with Gasteiger partial charge >= 0.3 is 0 Å². The van der Waals surface area contributed by atoms with Crippen LogP contribution in [-0.2, 0) is 0 Å². The predicted molar refractivity (Wildman–Crippen MR) is 151 cm³/mol. The van der Waals surface area contributed by atoms with Gasteiger partial charge in [-0.2, -0.15) is 0 Å². The van der Waals surface area contributed by atoms with Gasteiger partial charge < -0.3 is 4.57 Å². The average molecular weight is 446 g/mol. The number of nitrogens with zero attached hydrogens (tertiary/aromatic N) is 1. The van der Waals surface area contributed by atoms with Gasteiger partial charge in [0.25, 0.3) is 0 Å². The van der Waals surface area contributed by atoms with Crippen molar-refractivity contribution in [2.75, 3.05) is 0 Å². The number of hydrogen-bond acceptors (Lipinski definition) is 0. The van der Waals surface area contributed by atoms with Crippen molar-refractivity contribution in [2.45, 2.75) is 0 Å². The molecule has 7 aromatic rings. The fraction of sp³-hybridized carbons (Fsp3) is 0. The van der Waals surface area contributed by atoms with Crippen molar-refractivity contribution in [3.8, 4) is 5.69 Å². The summed E-state index contributed by atoms with van der Waals surface area (Å²) in [6.45, 7) is 0. The van der Waals surface area contributed by atoms with Crippen LogP contribution in [0.5, 0.6) is 0 Å². The maximum absolute atomic E-state index is 2.36. The lowest BCUT2D eigenvalue weighted by Crippen LogP contribution is -1.93. The Morgan fingerprint density at radius 1 is 0.429 bits per heavy atom. The van der Waals surface area contributed by atoms with Crippen LogP contribution in [0.3, 0.4) is 0 Å². The van der Waals surface area contributed by atoms with Gasteiger partial charge in [-0.25, -0.2) is 0 Å². The molecule has 0 fully saturated rings. The van der Waals surface area contributed by atoms with Crippen LogP contribution in [0, 0.1) is 0 Å². The van der Waals surface area contributed by atoms with Gasteiger partial charge in [-0.1, -0.05) is 109 Å². The summed E-state index contributed by atoms with van der Waals surface area (Å²) in [5.74, 6) is 0. The molecule has 0 aliphatic heterocycles. The van der Waals surface area contributed by atoms with Crippen LogP contribution in [-0.4, -0.2) is 4.57 Å². The van der Waals surface area contributed by atoms with E-state index in [-0.39, 0.29) is 0 Å². The summed E-state index contributed by atoms with van der Waals surface area (Å²) in [6, 6.07) is 45.7. The first-order valence-electron chi connectivity index (χ1n) is 12.0. The summed E-state index contributed by atoms with van der Waals surface area (Å²) in [5, 5.41) is 7.68. The second kappa shape index (κ2) is 8.00. The molecule has 0 aliphatic carbocycles. The van der Waals surface area contributed by atoms with E-state index in [1.165, 1.54) is 60.2 Å². The number of aromatic nitrogens is 1. The fourth-order valence-electron chi connectivity index (χ4n) is 5.34. The second-order valence-corrected chi connectivity index (χ2v) is 9.03. The van der Waals surface area contributed by atoms with Crippen molar-refractivity contribution in [2.24, 2.45) is 0 Å². The number of para-hydroxylation sites is 2. The van der Waals surface area contributed by atoms with Gasteiger partial charge in [0.05, 0.1) is 11.0 Å². The summed E-state index contributed by atoms with van der Waals surface area (Å²) in [4.78, 5) is 0. The van der Waals surface area contributed by atoms with Crippen LogP contribution in [0.15, 0.2) is 127 Å². The third kappa shape index (κ3) is 3.25. The minimum atomic E-state index is 1.18. The van der Waals surface area contributed by atoms with Gasteiger partial charge in [0.2, 0.25) is 0 Å². The highest BCUT2D eigenvalue weighted by atomic mass is 15.0. The van der Waals surface area contributed by atoms with E-state index >= 15 is 0 Å². The molecule has 7 rings (SSSR count). The summed E-state index contributed by atoms with van der Waals surface area (Å²) < 4.78 is 2.36. The Bertz CT molecular complexity index is 1780. The highest BCUT2D eigenvalue weighted by Crippen LogP contribution is 2.33. The standard InChI is InChI=1S/C34H23N/c1-3-11-28-25(9-1)23-26-10-2-4-12-29(26)30(28)22-19-24-17-20-27(21-18-24)35-33-15-7-5-13-31(33)32-14-6-8-16-34(32)35/h1-23H. The first kappa shape index (κ1) is 19.8. The van der Waals surface area contributed by atoms with Crippen LogP contribution in [0.2, 0.25) is 0 Å². The Balaban J connectivity index is 1.33. The molecule has 6 aromatic carbocycles. The molecule has 1 aromatic heterocycles. The quantitative estimate of drug-likeness (QED) is 0.189. The molecule has 0 unspecified atom stereocenters. The van der Waals surface area contributed by atoms with Crippen molar-refractivity contribution in [1.82, 2.24) is 4.57 Å². The largest absolute Gasteiger partial charge is 0.309 e. The molecule has 0 spiro atoms. The first-order valence-corrected chi connectivity index (χ1v) is 12.0. The van der Waals surface area contributed by atoms with Crippen molar-refractivity contribution in [3.05, 3.63) is 139 Å². The fourth-order valence-corrected chi connectivity index (χ4v) is 5.34. The van der Waals surface area contributed by atoms with E-state index in [0.29, 0.717) is 0 Å². The Morgan fingerprint density at radius 3 is 1.49 bits per heavy atom. The summed E-state index contributed by atoms with van der Waals surface area (Å²) in [6.07, 6.45) is 4.49. The SMILES string of the molecule is C(=Cc1c2ccccc2cc2ccccc12)c1ccc(-n2c3ccccc3c3ccccc32)cc1. The molecule has 0 saturated heterocycles. The molecule has 0 aliphatic rings. The van der Waals surface area contributed by atoms with Gasteiger partial charge in [0.15, 0.2) is 0 Å². The normalized spacial score (nSPS) is 11.9. The molecule has 164 valence electrons. The molecule has 1 heterocycles. The molecule has 0 radical (unpaired) electrons. The smallest absolute Gasteiger partial charge is 0.0541 e. The highest BCUT2D eigenvalue weighted by Gasteiger charge is 2.11.